The lowest BCUT2D eigenvalue weighted by molar-refractivity contribution is -0.114. The Morgan fingerprint density at radius 3 is 2.56 bits per heavy atom. The van der Waals surface area contributed by atoms with Crippen LogP contribution in [0.25, 0.3) is 6.08 Å². The Labute approximate surface area is 143 Å². The summed E-state index contributed by atoms with van der Waals surface area (Å²) in [6, 6.07) is 9.87. The molecule has 1 heterocycles. The van der Waals surface area contributed by atoms with Crippen LogP contribution in [-0.4, -0.2) is 27.5 Å². The molecule has 0 spiro atoms. The van der Waals surface area contributed by atoms with E-state index in [2.05, 4.69) is 0 Å². The third-order valence-electron chi connectivity index (χ3n) is 3.35. The number of hydrogen-bond acceptors (Lipinski definition) is 5. The molecule has 8 heteroatoms. The number of carbonyl (C=O) groups is 1. The second kappa shape index (κ2) is 6.94. The van der Waals surface area contributed by atoms with Gasteiger partial charge in [0.25, 0.3) is 15.9 Å². The zero-order chi connectivity index (χ0) is 17.9. The fourth-order valence-electron chi connectivity index (χ4n) is 2.22. The number of nitrogens with one attached hydrogen (secondary N) is 1. The molecule has 0 aliphatic carbocycles. The maximum Gasteiger partial charge on any atom is 0.267 e. The van der Waals surface area contributed by atoms with Crippen LogP contribution in [0, 0.1) is 5.82 Å². The second-order valence-electron chi connectivity index (χ2n) is 5.14. The summed E-state index contributed by atoms with van der Waals surface area (Å²) in [5, 5.41) is 0. The fraction of sp³-hybridized carbons (Fsp3) is 0.118. The summed E-state index contributed by atoms with van der Waals surface area (Å²) >= 11 is 0. The van der Waals surface area contributed by atoms with E-state index in [1.807, 2.05) is 0 Å². The Morgan fingerprint density at radius 1 is 1.08 bits per heavy atom. The quantitative estimate of drug-likeness (QED) is 0.842. The van der Waals surface area contributed by atoms with Crippen LogP contribution in [0.4, 0.5) is 4.39 Å². The summed E-state index contributed by atoms with van der Waals surface area (Å²) in [4.78, 5) is 11.3. The molecule has 0 saturated heterocycles. The van der Waals surface area contributed by atoms with Crippen molar-refractivity contribution in [1.82, 2.24) is 4.72 Å². The molecule has 0 unspecified atom stereocenters. The normalized spacial score (nSPS) is 13.6. The summed E-state index contributed by atoms with van der Waals surface area (Å²) in [5.41, 5.74) is 0.627. The molecule has 0 bridgehead atoms. The highest BCUT2D eigenvalue weighted by Crippen LogP contribution is 2.31. The van der Waals surface area contributed by atoms with Gasteiger partial charge in [-0.1, -0.05) is 18.2 Å². The minimum atomic E-state index is -4.28. The molecule has 1 aliphatic heterocycles. The third kappa shape index (κ3) is 3.97. The third-order valence-corrected chi connectivity index (χ3v) is 4.73. The van der Waals surface area contributed by atoms with Gasteiger partial charge in [0.1, 0.15) is 23.9 Å². The number of ether oxygens (including phenoxy) is 2. The van der Waals surface area contributed by atoms with Crippen LogP contribution >= 0.6 is 0 Å². The highest BCUT2D eigenvalue weighted by atomic mass is 32.2. The van der Waals surface area contributed by atoms with Crippen LogP contribution in [0.5, 0.6) is 11.5 Å². The van der Waals surface area contributed by atoms with Crippen molar-refractivity contribution in [2.24, 2.45) is 0 Å². The lowest BCUT2D eigenvalue weighted by Gasteiger charge is -2.18. The molecule has 1 aliphatic rings. The number of carbonyl (C=O) groups excluding carboxylic acids is 1. The highest BCUT2D eigenvalue weighted by molar-refractivity contribution is 7.90. The predicted molar refractivity (Wildman–Crippen MR) is 88.2 cm³/mol. The number of rotatable bonds is 4. The SMILES string of the molecule is O=C(/C=C/c1ccc2c(c1)OCCO2)NS(=O)(=O)c1ccccc1F. The highest BCUT2D eigenvalue weighted by Gasteiger charge is 2.20. The Morgan fingerprint density at radius 2 is 1.80 bits per heavy atom. The van der Waals surface area contributed by atoms with E-state index in [-0.39, 0.29) is 0 Å². The number of benzene rings is 2. The first-order valence-corrected chi connectivity index (χ1v) is 8.83. The van der Waals surface area contributed by atoms with Gasteiger partial charge in [0.05, 0.1) is 0 Å². The minimum absolute atomic E-state index is 0.432. The molecule has 1 amide bonds. The Bertz CT molecular complexity index is 940. The van der Waals surface area contributed by atoms with E-state index in [1.54, 1.807) is 22.9 Å². The Kier molecular flexibility index (Phi) is 4.71. The molecular formula is C17H14FNO5S. The molecule has 3 rings (SSSR count). The maximum atomic E-state index is 13.6. The van der Waals surface area contributed by atoms with Crippen molar-refractivity contribution in [3.05, 3.63) is 59.9 Å². The van der Waals surface area contributed by atoms with Crippen molar-refractivity contribution < 1.29 is 27.1 Å². The van der Waals surface area contributed by atoms with Gasteiger partial charge in [0, 0.05) is 6.08 Å². The molecule has 1 N–H and O–H groups in total. The zero-order valence-corrected chi connectivity index (χ0v) is 13.8. The Hall–Kier alpha value is -2.87. The monoisotopic (exact) mass is 363 g/mol. The fourth-order valence-corrected chi connectivity index (χ4v) is 3.24. The van der Waals surface area contributed by atoms with E-state index in [9.17, 15) is 17.6 Å². The van der Waals surface area contributed by atoms with Gasteiger partial charge in [-0.3, -0.25) is 4.79 Å². The van der Waals surface area contributed by atoms with Gasteiger partial charge in [-0.05, 0) is 35.9 Å². The summed E-state index contributed by atoms with van der Waals surface area (Å²) in [5.74, 6) is -0.667. The molecule has 0 atom stereocenters. The molecule has 130 valence electrons. The molecule has 25 heavy (non-hydrogen) atoms. The van der Waals surface area contributed by atoms with Gasteiger partial charge < -0.3 is 9.47 Å². The van der Waals surface area contributed by atoms with Crippen LogP contribution in [0.15, 0.2) is 53.4 Å². The van der Waals surface area contributed by atoms with Gasteiger partial charge in [0.2, 0.25) is 0 Å². The van der Waals surface area contributed by atoms with Gasteiger partial charge in [0.15, 0.2) is 11.5 Å². The van der Waals surface area contributed by atoms with Crippen molar-refractivity contribution in [2.75, 3.05) is 13.2 Å². The maximum absolute atomic E-state index is 13.6. The number of hydrogen-bond donors (Lipinski definition) is 1. The molecular weight excluding hydrogens is 349 g/mol. The Balaban J connectivity index is 1.72. The van der Waals surface area contributed by atoms with Crippen LogP contribution in [-0.2, 0) is 14.8 Å². The van der Waals surface area contributed by atoms with Crippen LogP contribution in [0.3, 0.4) is 0 Å². The van der Waals surface area contributed by atoms with Crippen molar-refractivity contribution >= 4 is 22.0 Å². The van der Waals surface area contributed by atoms with Crippen molar-refractivity contribution in [3.8, 4) is 11.5 Å². The van der Waals surface area contributed by atoms with Crippen molar-refractivity contribution in [3.63, 3.8) is 0 Å². The second-order valence-corrected chi connectivity index (χ2v) is 6.79. The van der Waals surface area contributed by atoms with Crippen LogP contribution < -0.4 is 14.2 Å². The van der Waals surface area contributed by atoms with Gasteiger partial charge in [-0.2, -0.15) is 0 Å². The first-order chi connectivity index (χ1) is 12.0. The molecule has 2 aromatic carbocycles. The standard InChI is InChI=1S/C17H14FNO5S/c18-13-3-1-2-4-16(13)25(21,22)19-17(20)8-6-12-5-7-14-15(11-12)24-10-9-23-14/h1-8,11H,9-10H2,(H,19,20)/b8-6+. The number of halogens is 1. The summed E-state index contributed by atoms with van der Waals surface area (Å²) in [6.07, 6.45) is 2.47. The van der Waals surface area contributed by atoms with Gasteiger partial charge in [-0.25, -0.2) is 17.5 Å². The lowest BCUT2D eigenvalue weighted by Crippen LogP contribution is -2.29. The van der Waals surface area contributed by atoms with Crippen molar-refractivity contribution in [2.45, 2.75) is 4.90 Å². The van der Waals surface area contributed by atoms with Gasteiger partial charge >= 0.3 is 0 Å². The zero-order valence-electron chi connectivity index (χ0n) is 12.9. The lowest BCUT2D eigenvalue weighted by atomic mass is 10.2. The topological polar surface area (TPSA) is 81.7 Å². The average Bonchev–Trinajstić information content (AvgIpc) is 2.59. The average molecular weight is 363 g/mol. The number of fused-ring (bicyclic) bond motifs is 1. The van der Waals surface area contributed by atoms with Crippen LogP contribution in [0.1, 0.15) is 5.56 Å². The van der Waals surface area contributed by atoms with E-state index in [4.69, 9.17) is 9.47 Å². The van der Waals surface area contributed by atoms with Gasteiger partial charge in [-0.15, -0.1) is 0 Å². The summed E-state index contributed by atoms with van der Waals surface area (Å²) < 4.78 is 50.2. The molecule has 6 nitrogen and oxygen atoms in total. The van der Waals surface area contributed by atoms with E-state index >= 15 is 0 Å². The van der Waals surface area contributed by atoms with Crippen molar-refractivity contribution in [1.29, 1.82) is 0 Å². The first kappa shape index (κ1) is 17.0. The molecule has 2 aromatic rings. The number of sulfonamides is 1. The van der Waals surface area contributed by atoms with E-state index < -0.39 is 26.6 Å². The molecule has 0 aromatic heterocycles. The summed E-state index contributed by atoms with van der Waals surface area (Å²) in [7, 11) is -4.28. The number of amides is 1. The molecule has 0 saturated carbocycles. The minimum Gasteiger partial charge on any atom is -0.486 e. The first-order valence-electron chi connectivity index (χ1n) is 7.35. The van der Waals surface area contributed by atoms with E-state index in [1.165, 1.54) is 18.2 Å². The van der Waals surface area contributed by atoms with E-state index in [0.29, 0.717) is 30.3 Å². The van der Waals surface area contributed by atoms with E-state index in [0.717, 1.165) is 18.2 Å². The largest absolute Gasteiger partial charge is 0.486 e. The predicted octanol–water partition coefficient (Wildman–Crippen LogP) is 2.12. The van der Waals surface area contributed by atoms with Crippen LogP contribution in [0.2, 0.25) is 0 Å². The summed E-state index contributed by atoms with van der Waals surface area (Å²) in [6.45, 7) is 0.903. The molecule has 0 radical (unpaired) electrons. The molecule has 0 fully saturated rings. The smallest absolute Gasteiger partial charge is 0.267 e.